The average molecular weight is 249 g/mol. The Hall–Kier alpha value is -1.69. The minimum absolute atomic E-state index is 0.0762. The van der Waals surface area contributed by atoms with Gasteiger partial charge in [-0.15, -0.1) is 0 Å². The molecule has 0 radical (unpaired) electrons. The number of carbonyl (C=O) groups is 1. The van der Waals surface area contributed by atoms with Crippen molar-refractivity contribution in [3.05, 3.63) is 18.0 Å². The number of aryl methyl sites for hydroxylation is 1. The number of aromatic nitrogens is 2. The van der Waals surface area contributed by atoms with Crippen LogP contribution in [0.3, 0.4) is 0 Å². The number of nitrogens with zero attached hydrogens (tertiary/aromatic N) is 4. The topological polar surface area (TPSA) is 61.4 Å². The van der Waals surface area contributed by atoms with Gasteiger partial charge in [-0.25, -0.2) is 9.97 Å². The Morgan fingerprint density at radius 1 is 1.56 bits per heavy atom. The first-order valence-corrected chi connectivity index (χ1v) is 6.08. The van der Waals surface area contributed by atoms with Crippen molar-refractivity contribution >= 4 is 11.9 Å². The molecule has 1 unspecified atom stereocenters. The van der Waals surface area contributed by atoms with E-state index < -0.39 is 0 Å². The van der Waals surface area contributed by atoms with Crippen LogP contribution in [-0.4, -0.2) is 60.5 Å². The molecule has 0 bridgehead atoms. The lowest BCUT2D eigenvalue weighted by Gasteiger charge is -2.36. The lowest BCUT2D eigenvalue weighted by molar-refractivity contribution is -0.130. The Kier molecular flexibility index (Phi) is 3.76. The smallest absolute Gasteiger partial charge is 0.246 e. The molecule has 0 aromatic carbocycles. The fraction of sp³-hybridized carbons (Fsp3) is 0.583. The van der Waals surface area contributed by atoms with E-state index in [0.717, 1.165) is 18.8 Å². The number of hydrogen-bond acceptors (Lipinski definition) is 5. The van der Waals surface area contributed by atoms with Crippen LogP contribution in [0.25, 0.3) is 0 Å². The summed E-state index contributed by atoms with van der Waals surface area (Å²) in [4.78, 5) is 24.4. The summed E-state index contributed by atoms with van der Waals surface area (Å²) in [6.45, 7) is 4.15. The van der Waals surface area contributed by atoms with Gasteiger partial charge < -0.3 is 15.1 Å². The van der Waals surface area contributed by atoms with Crippen molar-refractivity contribution in [2.24, 2.45) is 0 Å². The Balaban J connectivity index is 2.25. The van der Waals surface area contributed by atoms with Crippen LogP contribution in [-0.2, 0) is 4.79 Å². The number of piperazine rings is 1. The van der Waals surface area contributed by atoms with Gasteiger partial charge in [0, 0.05) is 45.6 Å². The number of rotatable bonds is 2. The van der Waals surface area contributed by atoms with Crippen LogP contribution in [0.15, 0.2) is 12.3 Å². The first kappa shape index (κ1) is 12.8. The number of amides is 1. The van der Waals surface area contributed by atoms with Crippen LogP contribution in [0.4, 0.5) is 5.95 Å². The molecular weight excluding hydrogens is 230 g/mol. The van der Waals surface area contributed by atoms with Gasteiger partial charge in [0.05, 0.1) is 0 Å². The van der Waals surface area contributed by atoms with Gasteiger partial charge in [-0.2, -0.15) is 0 Å². The number of carbonyl (C=O) groups excluding carboxylic acids is 1. The summed E-state index contributed by atoms with van der Waals surface area (Å²) in [6, 6.07) is 1.63. The van der Waals surface area contributed by atoms with Crippen molar-refractivity contribution in [1.82, 2.24) is 20.2 Å². The third-order valence-corrected chi connectivity index (χ3v) is 3.01. The predicted octanol–water partition coefficient (Wildman–Crippen LogP) is -0.349. The molecule has 6 heteroatoms. The van der Waals surface area contributed by atoms with Crippen molar-refractivity contribution in [3.63, 3.8) is 0 Å². The van der Waals surface area contributed by atoms with Gasteiger partial charge in [-0.05, 0) is 13.0 Å². The molecule has 1 N–H and O–H groups in total. The average Bonchev–Trinajstić information content (AvgIpc) is 2.38. The molecule has 1 fully saturated rings. The summed E-state index contributed by atoms with van der Waals surface area (Å²) >= 11 is 0. The first-order valence-electron chi connectivity index (χ1n) is 6.08. The highest BCUT2D eigenvalue weighted by Crippen LogP contribution is 2.14. The third kappa shape index (κ3) is 2.59. The summed E-state index contributed by atoms with van der Waals surface area (Å²) in [5.74, 6) is 0.712. The summed E-state index contributed by atoms with van der Waals surface area (Å²) in [6.07, 6.45) is 1.73. The van der Waals surface area contributed by atoms with Crippen molar-refractivity contribution < 1.29 is 4.79 Å². The van der Waals surface area contributed by atoms with Crippen molar-refractivity contribution in [1.29, 1.82) is 0 Å². The molecule has 1 aromatic heterocycles. The second-order valence-corrected chi connectivity index (χ2v) is 4.64. The third-order valence-electron chi connectivity index (χ3n) is 3.01. The Labute approximate surface area is 107 Å². The van der Waals surface area contributed by atoms with Crippen molar-refractivity contribution in [3.8, 4) is 0 Å². The Bertz CT molecular complexity index is 434. The second kappa shape index (κ2) is 5.30. The van der Waals surface area contributed by atoms with Crippen LogP contribution in [0.2, 0.25) is 0 Å². The molecule has 6 nitrogen and oxygen atoms in total. The molecule has 0 aliphatic carbocycles. The molecule has 18 heavy (non-hydrogen) atoms. The molecule has 2 rings (SSSR count). The maximum Gasteiger partial charge on any atom is 0.246 e. The normalized spacial score (nSPS) is 19.7. The zero-order chi connectivity index (χ0) is 13.1. The fourth-order valence-electron chi connectivity index (χ4n) is 2.04. The van der Waals surface area contributed by atoms with Crippen molar-refractivity contribution in [2.75, 3.05) is 38.6 Å². The van der Waals surface area contributed by atoms with Crippen LogP contribution < -0.4 is 10.2 Å². The van der Waals surface area contributed by atoms with Crippen LogP contribution in [0, 0.1) is 6.92 Å². The lowest BCUT2D eigenvalue weighted by Crippen LogP contribution is -2.58. The number of likely N-dealkylation sites (N-methyl/N-ethyl adjacent to an activating group) is 1. The van der Waals surface area contributed by atoms with Gasteiger partial charge >= 0.3 is 0 Å². The monoisotopic (exact) mass is 249 g/mol. The Morgan fingerprint density at radius 3 is 3.00 bits per heavy atom. The predicted molar refractivity (Wildman–Crippen MR) is 69.5 cm³/mol. The van der Waals surface area contributed by atoms with Gasteiger partial charge in [0.25, 0.3) is 0 Å². The molecule has 1 aliphatic rings. The minimum Gasteiger partial charge on any atom is -0.347 e. The van der Waals surface area contributed by atoms with Crippen molar-refractivity contribution in [2.45, 2.75) is 13.0 Å². The van der Waals surface area contributed by atoms with Gasteiger partial charge in [-0.1, -0.05) is 0 Å². The fourth-order valence-corrected chi connectivity index (χ4v) is 2.04. The van der Waals surface area contributed by atoms with E-state index in [1.807, 2.05) is 17.9 Å². The highest BCUT2D eigenvalue weighted by Gasteiger charge is 2.31. The van der Waals surface area contributed by atoms with Gasteiger partial charge in [0.15, 0.2) is 0 Å². The molecule has 1 amide bonds. The van der Waals surface area contributed by atoms with Gasteiger partial charge in [-0.3, -0.25) is 4.79 Å². The maximum absolute atomic E-state index is 12.2. The zero-order valence-corrected chi connectivity index (χ0v) is 11.1. The molecule has 98 valence electrons. The maximum atomic E-state index is 12.2. The molecule has 0 saturated carbocycles. The van der Waals surface area contributed by atoms with E-state index >= 15 is 0 Å². The van der Waals surface area contributed by atoms with E-state index in [-0.39, 0.29) is 11.9 Å². The van der Waals surface area contributed by atoms with Crippen LogP contribution in [0.5, 0.6) is 0 Å². The molecule has 1 aliphatic heterocycles. The minimum atomic E-state index is -0.226. The summed E-state index contributed by atoms with van der Waals surface area (Å²) in [5.41, 5.74) is 0.912. The number of anilines is 1. The van der Waals surface area contributed by atoms with E-state index in [9.17, 15) is 4.79 Å². The van der Waals surface area contributed by atoms with E-state index in [2.05, 4.69) is 15.3 Å². The zero-order valence-electron chi connectivity index (χ0n) is 11.1. The summed E-state index contributed by atoms with van der Waals surface area (Å²) in [7, 11) is 3.54. The molecule has 1 saturated heterocycles. The van der Waals surface area contributed by atoms with Crippen LogP contribution >= 0.6 is 0 Å². The SMILES string of the molecule is Cc1ccnc(N2CCNCC2C(=O)N(C)C)n1. The van der Waals surface area contributed by atoms with E-state index in [1.54, 1.807) is 25.2 Å². The van der Waals surface area contributed by atoms with E-state index in [1.165, 1.54) is 0 Å². The standard InChI is InChI=1S/C12H19N5O/c1-9-4-5-14-12(15-9)17-7-6-13-8-10(17)11(18)16(2)3/h4-5,10,13H,6-8H2,1-3H3. The highest BCUT2D eigenvalue weighted by atomic mass is 16.2. The number of hydrogen-bond donors (Lipinski definition) is 1. The number of nitrogens with one attached hydrogen (secondary N) is 1. The summed E-state index contributed by atoms with van der Waals surface area (Å²) < 4.78 is 0. The molecule has 1 aromatic rings. The van der Waals surface area contributed by atoms with Crippen LogP contribution in [0.1, 0.15) is 5.69 Å². The van der Waals surface area contributed by atoms with Gasteiger partial charge in [0.1, 0.15) is 6.04 Å². The lowest BCUT2D eigenvalue weighted by atomic mass is 10.2. The molecular formula is C12H19N5O. The Morgan fingerprint density at radius 2 is 2.33 bits per heavy atom. The highest BCUT2D eigenvalue weighted by molar-refractivity contribution is 5.85. The molecule has 2 heterocycles. The molecule has 0 spiro atoms. The largest absolute Gasteiger partial charge is 0.347 e. The van der Waals surface area contributed by atoms with Gasteiger partial charge in [0.2, 0.25) is 11.9 Å². The quantitative estimate of drug-likeness (QED) is 0.776. The first-order chi connectivity index (χ1) is 8.59. The second-order valence-electron chi connectivity index (χ2n) is 4.64. The summed E-state index contributed by atoms with van der Waals surface area (Å²) in [5, 5.41) is 3.24. The van der Waals surface area contributed by atoms with E-state index in [4.69, 9.17) is 0 Å². The van der Waals surface area contributed by atoms with E-state index in [0.29, 0.717) is 12.5 Å². The molecule has 1 atom stereocenters.